The van der Waals surface area contributed by atoms with Crippen LogP contribution in [-0.4, -0.2) is 28.5 Å². The van der Waals surface area contributed by atoms with Crippen molar-refractivity contribution in [3.63, 3.8) is 0 Å². The van der Waals surface area contributed by atoms with Gasteiger partial charge in [0.2, 0.25) is 11.8 Å². The fraction of sp³-hybridized carbons (Fsp3) is 0.545. The maximum Gasteiger partial charge on any atom is 0.240 e. The summed E-state index contributed by atoms with van der Waals surface area (Å²) in [5, 5.41) is 2.97. The fourth-order valence-corrected chi connectivity index (χ4v) is 1.37. The van der Waals surface area contributed by atoms with Gasteiger partial charge in [-0.05, 0) is 12.8 Å². The van der Waals surface area contributed by atoms with Crippen molar-refractivity contribution in [2.24, 2.45) is 11.7 Å². The highest BCUT2D eigenvalue weighted by Gasteiger charge is 2.19. The molecule has 6 nitrogen and oxygen atoms in total. The lowest BCUT2D eigenvalue weighted by Gasteiger charge is -2.19. The van der Waals surface area contributed by atoms with Gasteiger partial charge in [0.1, 0.15) is 18.2 Å². The second-order valence-electron chi connectivity index (χ2n) is 3.94. The normalized spacial score (nSPS) is 12.2. The summed E-state index contributed by atoms with van der Waals surface area (Å²) in [5.74, 6) is 0.674. The Morgan fingerprint density at radius 2 is 2.24 bits per heavy atom. The van der Waals surface area contributed by atoms with Crippen molar-refractivity contribution in [1.29, 1.82) is 0 Å². The molecule has 17 heavy (non-hydrogen) atoms. The molecule has 3 N–H and O–H groups in total. The van der Waals surface area contributed by atoms with E-state index in [-0.39, 0.29) is 5.92 Å². The molecule has 0 radical (unpaired) electrons. The van der Waals surface area contributed by atoms with Crippen LogP contribution in [0.25, 0.3) is 0 Å². The first kappa shape index (κ1) is 13.2. The number of carbonyl (C=O) groups is 1. The summed E-state index contributed by atoms with van der Waals surface area (Å²) in [6.07, 6.45) is 1.38. The standard InChI is InChI=1S/C11H18N4O2/c1-4-17-9-5-8(13-6-14-9)15-10(7(2)3)11(12)16/h5-7,10H,4H2,1-3H3,(H2,12,16)(H,13,14,15). The Morgan fingerprint density at radius 3 is 2.76 bits per heavy atom. The molecule has 0 saturated carbocycles. The number of hydrogen-bond acceptors (Lipinski definition) is 5. The van der Waals surface area contributed by atoms with Gasteiger partial charge >= 0.3 is 0 Å². The lowest BCUT2D eigenvalue weighted by atomic mass is 10.0. The Kier molecular flexibility index (Phi) is 4.68. The largest absolute Gasteiger partial charge is 0.478 e. The Hall–Kier alpha value is -1.85. The third-order valence-electron chi connectivity index (χ3n) is 2.21. The van der Waals surface area contributed by atoms with Crippen molar-refractivity contribution < 1.29 is 9.53 Å². The van der Waals surface area contributed by atoms with Gasteiger partial charge in [-0.2, -0.15) is 0 Å². The van der Waals surface area contributed by atoms with E-state index in [0.29, 0.717) is 18.3 Å². The Balaban J connectivity index is 2.78. The van der Waals surface area contributed by atoms with E-state index in [0.717, 1.165) is 0 Å². The maximum atomic E-state index is 11.2. The molecule has 0 bridgehead atoms. The van der Waals surface area contributed by atoms with Crippen LogP contribution in [0.1, 0.15) is 20.8 Å². The van der Waals surface area contributed by atoms with Gasteiger partial charge in [-0.1, -0.05) is 13.8 Å². The number of nitrogens with one attached hydrogen (secondary N) is 1. The highest BCUT2D eigenvalue weighted by atomic mass is 16.5. The number of rotatable bonds is 6. The molecule has 0 saturated heterocycles. The van der Waals surface area contributed by atoms with E-state index in [9.17, 15) is 4.79 Å². The van der Waals surface area contributed by atoms with Gasteiger partial charge in [-0.15, -0.1) is 0 Å². The highest BCUT2D eigenvalue weighted by molar-refractivity contribution is 5.82. The van der Waals surface area contributed by atoms with E-state index in [1.807, 2.05) is 20.8 Å². The average Bonchev–Trinajstić information content (AvgIpc) is 2.26. The Bertz CT molecular complexity index is 381. The molecule has 0 aliphatic heterocycles. The summed E-state index contributed by atoms with van der Waals surface area (Å²) < 4.78 is 5.24. The number of ether oxygens (including phenoxy) is 1. The summed E-state index contributed by atoms with van der Waals surface area (Å²) in [7, 11) is 0. The molecule has 94 valence electrons. The van der Waals surface area contributed by atoms with Crippen LogP contribution in [0.2, 0.25) is 0 Å². The smallest absolute Gasteiger partial charge is 0.240 e. The van der Waals surface area contributed by atoms with Gasteiger partial charge in [0.15, 0.2) is 0 Å². The van der Waals surface area contributed by atoms with Gasteiger partial charge in [0.05, 0.1) is 6.61 Å². The summed E-state index contributed by atoms with van der Waals surface area (Å²) in [6, 6.07) is 1.18. The van der Waals surface area contributed by atoms with Crippen LogP contribution in [0.3, 0.4) is 0 Å². The monoisotopic (exact) mass is 238 g/mol. The summed E-state index contributed by atoms with van der Waals surface area (Å²) in [6.45, 7) is 6.22. The van der Waals surface area contributed by atoms with Crippen molar-refractivity contribution in [3.8, 4) is 5.88 Å². The van der Waals surface area contributed by atoms with Crippen LogP contribution in [0.4, 0.5) is 5.82 Å². The van der Waals surface area contributed by atoms with Gasteiger partial charge < -0.3 is 15.8 Å². The van der Waals surface area contributed by atoms with Gasteiger partial charge in [0, 0.05) is 6.07 Å². The van der Waals surface area contributed by atoms with Crippen LogP contribution in [0.5, 0.6) is 5.88 Å². The van der Waals surface area contributed by atoms with E-state index in [1.54, 1.807) is 6.07 Å². The van der Waals surface area contributed by atoms with Crippen LogP contribution >= 0.6 is 0 Å². The number of nitrogens with two attached hydrogens (primary N) is 1. The van der Waals surface area contributed by atoms with Crippen LogP contribution in [-0.2, 0) is 4.79 Å². The van der Waals surface area contributed by atoms with E-state index in [2.05, 4.69) is 15.3 Å². The zero-order valence-electron chi connectivity index (χ0n) is 10.3. The van der Waals surface area contributed by atoms with E-state index < -0.39 is 11.9 Å². The maximum absolute atomic E-state index is 11.2. The number of anilines is 1. The number of primary amides is 1. The molecule has 1 rings (SSSR count). The second-order valence-corrected chi connectivity index (χ2v) is 3.94. The van der Waals surface area contributed by atoms with Gasteiger partial charge in [0.25, 0.3) is 0 Å². The van der Waals surface area contributed by atoms with Crippen molar-refractivity contribution >= 4 is 11.7 Å². The molecule has 1 atom stereocenters. The number of nitrogens with zero attached hydrogens (tertiary/aromatic N) is 2. The SMILES string of the molecule is CCOc1cc(NC(C(N)=O)C(C)C)ncn1. The zero-order valence-corrected chi connectivity index (χ0v) is 10.3. The first-order valence-electron chi connectivity index (χ1n) is 5.55. The molecule has 0 spiro atoms. The zero-order chi connectivity index (χ0) is 12.8. The predicted molar refractivity (Wildman–Crippen MR) is 64.6 cm³/mol. The van der Waals surface area contributed by atoms with Crippen molar-refractivity contribution in [2.75, 3.05) is 11.9 Å². The van der Waals surface area contributed by atoms with Crippen molar-refractivity contribution in [3.05, 3.63) is 12.4 Å². The molecule has 1 aromatic heterocycles. The Morgan fingerprint density at radius 1 is 1.53 bits per heavy atom. The molecule has 1 amide bonds. The van der Waals surface area contributed by atoms with E-state index in [1.165, 1.54) is 6.33 Å². The number of amides is 1. The highest BCUT2D eigenvalue weighted by Crippen LogP contribution is 2.14. The number of carbonyl (C=O) groups excluding carboxylic acids is 1. The molecular weight excluding hydrogens is 220 g/mol. The van der Waals surface area contributed by atoms with Gasteiger partial charge in [-0.25, -0.2) is 9.97 Å². The van der Waals surface area contributed by atoms with Gasteiger partial charge in [-0.3, -0.25) is 4.79 Å². The van der Waals surface area contributed by atoms with Crippen LogP contribution in [0.15, 0.2) is 12.4 Å². The molecule has 1 aromatic rings. The van der Waals surface area contributed by atoms with E-state index >= 15 is 0 Å². The topological polar surface area (TPSA) is 90.1 Å². The lowest BCUT2D eigenvalue weighted by Crippen LogP contribution is -2.39. The minimum Gasteiger partial charge on any atom is -0.478 e. The molecule has 0 aliphatic carbocycles. The summed E-state index contributed by atoms with van der Waals surface area (Å²) in [5.41, 5.74) is 5.31. The van der Waals surface area contributed by atoms with Crippen LogP contribution < -0.4 is 15.8 Å². The Labute approximate surface area is 101 Å². The molecule has 6 heteroatoms. The van der Waals surface area contributed by atoms with Crippen molar-refractivity contribution in [1.82, 2.24) is 9.97 Å². The number of hydrogen-bond donors (Lipinski definition) is 2. The lowest BCUT2D eigenvalue weighted by molar-refractivity contribution is -0.119. The number of aromatic nitrogens is 2. The van der Waals surface area contributed by atoms with Crippen LogP contribution in [0, 0.1) is 5.92 Å². The summed E-state index contributed by atoms with van der Waals surface area (Å²) >= 11 is 0. The molecule has 0 fully saturated rings. The minimum atomic E-state index is -0.459. The third-order valence-corrected chi connectivity index (χ3v) is 2.21. The van der Waals surface area contributed by atoms with E-state index in [4.69, 9.17) is 10.5 Å². The quantitative estimate of drug-likeness (QED) is 0.765. The van der Waals surface area contributed by atoms with Crippen molar-refractivity contribution in [2.45, 2.75) is 26.8 Å². The molecule has 1 heterocycles. The molecule has 0 aliphatic rings. The average molecular weight is 238 g/mol. The first-order chi connectivity index (χ1) is 8.04. The fourth-order valence-electron chi connectivity index (χ4n) is 1.37. The molecular formula is C11H18N4O2. The summed E-state index contributed by atoms with van der Waals surface area (Å²) in [4.78, 5) is 19.2. The second kappa shape index (κ2) is 6.03. The third kappa shape index (κ3) is 3.90. The molecule has 0 aromatic carbocycles. The first-order valence-corrected chi connectivity index (χ1v) is 5.55. The minimum absolute atomic E-state index is 0.0815. The molecule has 1 unspecified atom stereocenters. The predicted octanol–water partition coefficient (Wildman–Crippen LogP) is 0.797.